The van der Waals surface area contributed by atoms with E-state index in [1.807, 2.05) is 0 Å². The minimum absolute atomic E-state index is 0.0279. The van der Waals surface area contributed by atoms with Gasteiger partial charge in [-0.15, -0.1) is 0 Å². The summed E-state index contributed by atoms with van der Waals surface area (Å²) >= 11 is 0. The molecule has 0 saturated heterocycles. The number of amides is 1. The summed E-state index contributed by atoms with van der Waals surface area (Å²) in [6, 6.07) is 0. The highest BCUT2D eigenvalue weighted by molar-refractivity contribution is 5.79. The molecule has 0 aliphatic heterocycles. The van der Waals surface area contributed by atoms with Crippen LogP contribution in [0.4, 0.5) is 0 Å². The van der Waals surface area contributed by atoms with Crippen LogP contribution in [0.15, 0.2) is 0 Å². The maximum atomic E-state index is 11.5. The molecule has 25 heavy (non-hydrogen) atoms. The number of rotatable bonds is 19. The van der Waals surface area contributed by atoms with Gasteiger partial charge in [0.1, 0.15) is 13.2 Å². The van der Waals surface area contributed by atoms with Gasteiger partial charge in [0.2, 0.25) is 5.91 Å². The van der Waals surface area contributed by atoms with Gasteiger partial charge in [0.25, 0.3) is 0 Å². The highest BCUT2D eigenvalue weighted by Crippen LogP contribution is 1.95. The van der Waals surface area contributed by atoms with E-state index in [9.17, 15) is 9.59 Å². The Morgan fingerprint density at radius 2 is 1.32 bits per heavy atom. The Morgan fingerprint density at radius 3 is 2.00 bits per heavy atom. The number of carbonyl (C=O) groups is 2. The smallest absolute Gasteiger partial charge is 0.246 e. The van der Waals surface area contributed by atoms with Crippen LogP contribution in [0, 0.1) is 0 Å². The van der Waals surface area contributed by atoms with Crippen LogP contribution in [-0.4, -0.2) is 71.1 Å². The Morgan fingerprint density at radius 1 is 0.720 bits per heavy atom. The molecule has 0 bridgehead atoms. The number of Topliss-reactive ketones (excluding diaryl/α,β-unsaturated/α-hetero) is 1. The van der Waals surface area contributed by atoms with Gasteiger partial charge in [0.05, 0.1) is 33.0 Å². The number of hydrogen-bond acceptors (Lipinski definition) is 6. The first-order valence-corrected chi connectivity index (χ1v) is 9.30. The van der Waals surface area contributed by atoms with Crippen LogP contribution in [0.2, 0.25) is 0 Å². The zero-order chi connectivity index (χ0) is 18.6. The Hall–Kier alpha value is -1.02. The molecule has 0 aromatic rings. The molecule has 0 aromatic carbocycles. The number of ether oxygens (including phenoxy) is 4. The van der Waals surface area contributed by atoms with Gasteiger partial charge in [-0.1, -0.05) is 26.7 Å². The van der Waals surface area contributed by atoms with Gasteiger partial charge in [-0.05, 0) is 12.8 Å². The van der Waals surface area contributed by atoms with Crippen molar-refractivity contribution in [1.82, 2.24) is 5.32 Å². The summed E-state index contributed by atoms with van der Waals surface area (Å²) < 4.78 is 21.1. The zero-order valence-electron chi connectivity index (χ0n) is 15.8. The van der Waals surface area contributed by atoms with Crippen LogP contribution in [0.5, 0.6) is 0 Å². The van der Waals surface area contributed by atoms with Crippen LogP contribution in [0.1, 0.15) is 46.0 Å². The number of unbranched alkanes of at least 4 members (excludes halogenated alkanes) is 2. The second kappa shape index (κ2) is 19.3. The molecule has 7 heteroatoms. The lowest BCUT2D eigenvalue weighted by Crippen LogP contribution is -2.31. The number of hydrogen-bond donors (Lipinski definition) is 1. The molecule has 0 atom stereocenters. The van der Waals surface area contributed by atoms with Crippen molar-refractivity contribution in [3.05, 3.63) is 0 Å². The number of nitrogens with one attached hydrogen (secondary N) is 1. The van der Waals surface area contributed by atoms with Gasteiger partial charge in [0, 0.05) is 19.6 Å². The number of carbonyl (C=O) groups excluding carboxylic acids is 2. The number of ketones is 1. The summed E-state index contributed by atoms with van der Waals surface area (Å²) in [5.74, 6) is -0.0418. The fourth-order valence-corrected chi connectivity index (χ4v) is 1.80. The van der Waals surface area contributed by atoms with E-state index in [1.165, 1.54) is 0 Å². The largest absolute Gasteiger partial charge is 0.379 e. The first-order chi connectivity index (χ1) is 12.2. The molecule has 0 spiro atoms. The molecule has 0 fully saturated rings. The average Bonchev–Trinajstić information content (AvgIpc) is 2.61. The van der Waals surface area contributed by atoms with Crippen molar-refractivity contribution in [2.24, 2.45) is 0 Å². The van der Waals surface area contributed by atoms with Gasteiger partial charge in [0.15, 0.2) is 5.78 Å². The molecule has 0 radical (unpaired) electrons. The molecule has 0 rings (SSSR count). The van der Waals surface area contributed by atoms with Crippen LogP contribution in [0.3, 0.4) is 0 Å². The van der Waals surface area contributed by atoms with Crippen LogP contribution in [0.25, 0.3) is 0 Å². The highest BCUT2D eigenvalue weighted by Gasteiger charge is 2.02. The summed E-state index contributed by atoms with van der Waals surface area (Å²) in [4.78, 5) is 22.8. The van der Waals surface area contributed by atoms with E-state index >= 15 is 0 Å². The van der Waals surface area contributed by atoms with Crippen molar-refractivity contribution in [3.8, 4) is 0 Å². The summed E-state index contributed by atoms with van der Waals surface area (Å²) in [5.41, 5.74) is 0. The SMILES string of the molecule is CCCCOCCOCC(=O)NCCOCCOCC(=O)CCCC. The fraction of sp³-hybridized carbons (Fsp3) is 0.889. The molecule has 0 unspecified atom stereocenters. The third-order valence-electron chi connectivity index (χ3n) is 3.26. The second-order valence-electron chi connectivity index (χ2n) is 5.68. The highest BCUT2D eigenvalue weighted by atomic mass is 16.5. The molecule has 1 N–H and O–H groups in total. The summed E-state index contributed by atoms with van der Waals surface area (Å²) in [6.07, 6.45) is 4.65. The van der Waals surface area contributed by atoms with Crippen molar-refractivity contribution >= 4 is 11.7 Å². The third-order valence-corrected chi connectivity index (χ3v) is 3.26. The lowest BCUT2D eigenvalue weighted by molar-refractivity contribution is -0.127. The zero-order valence-corrected chi connectivity index (χ0v) is 15.8. The molecule has 7 nitrogen and oxygen atoms in total. The monoisotopic (exact) mass is 361 g/mol. The molecule has 0 aliphatic carbocycles. The topological polar surface area (TPSA) is 83.1 Å². The fourth-order valence-electron chi connectivity index (χ4n) is 1.80. The van der Waals surface area contributed by atoms with Crippen molar-refractivity contribution in [2.75, 3.05) is 59.4 Å². The molecule has 0 heterocycles. The van der Waals surface area contributed by atoms with E-state index in [0.717, 1.165) is 32.3 Å². The minimum atomic E-state index is -0.171. The van der Waals surface area contributed by atoms with Gasteiger partial charge in [-0.3, -0.25) is 9.59 Å². The Balaban J connectivity index is 3.23. The summed E-state index contributed by atoms with van der Waals surface area (Å²) in [6.45, 7) is 7.62. The van der Waals surface area contributed by atoms with E-state index in [2.05, 4.69) is 19.2 Å². The predicted molar refractivity (Wildman–Crippen MR) is 95.7 cm³/mol. The van der Waals surface area contributed by atoms with Crippen molar-refractivity contribution < 1.29 is 28.5 Å². The minimum Gasteiger partial charge on any atom is -0.379 e. The third kappa shape index (κ3) is 19.2. The lowest BCUT2D eigenvalue weighted by atomic mass is 10.2. The van der Waals surface area contributed by atoms with Gasteiger partial charge in [-0.25, -0.2) is 0 Å². The average molecular weight is 361 g/mol. The molecule has 0 saturated carbocycles. The van der Waals surface area contributed by atoms with Crippen LogP contribution >= 0.6 is 0 Å². The Labute approximate surface area is 151 Å². The van der Waals surface area contributed by atoms with Crippen molar-refractivity contribution in [1.29, 1.82) is 0 Å². The van der Waals surface area contributed by atoms with Crippen molar-refractivity contribution in [2.45, 2.75) is 46.0 Å². The van der Waals surface area contributed by atoms with Gasteiger partial charge in [-0.2, -0.15) is 0 Å². The van der Waals surface area contributed by atoms with Crippen LogP contribution < -0.4 is 5.32 Å². The van der Waals surface area contributed by atoms with Gasteiger partial charge >= 0.3 is 0 Å². The molecule has 1 amide bonds. The van der Waals surface area contributed by atoms with E-state index in [1.54, 1.807) is 0 Å². The maximum Gasteiger partial charge on any atom is 0.246 e. The Bertz CT molecular complexity index is 325. The molecular formula is C18H35NO6. The molecular weight excluding hydrogens is 326 g/mol. The standard InChI is InChI=1S/C18H35NO6/c1-3-5-7-17(20)15-24-13-12-23-10-8-19-18(21)16-25-14-11-22-9-6-4-2/h3-16H2,1-2H3,(H,19,21). The van der Waals surface area contributed by atoms with E-state index in [0.29, 0.717) is 46.0 Å². The van der Waals surface area contributed by atoms with E-state index in [4.69, 9.17) is 18.9 Å². The predicted octanol–water partition coefficient (Wildman–Crippen LogP) is 1.73. The molecule has 0 aromatic heterocycles. The Kier molecular flexibility index (Phi) is 18.5. The first-order valence-electron chi connectivity index (χ1n) is 9.30. The lowest BCUT2D eigenvalue weighted by Gasteiger charge is -2.08. The van der Waals surface area contributed by atoms with E-state index < -0.39 is 0 Å². The van der Waals surface area contributed by atoms with Crippen molar-refractivity contribution in [3.63, 3.8) is 0 Å². The summed E-state index contributed by atoms with van der Waals surface area (Å²) in [5, 5.41) is 2.70. The van der Waals surface area contributed by atoms with Crippen LogP contribution in [-0.2, 0) is 28.5 Å². The maximum absolute atomic E-state index is 11.5. The van der Waals surface area contributed by atoms with Gasteiger partial charge < -0.3 is 24.3 Å². The first kappa shape index (κ1) is 24.0. The van der Waals surface area contributed by atoms with E-state index in [-0.39, 0.29) is 24.9 Å². The molecule has 148 valence electrons. The molecule has 0 aliphatic rings. The summed E-state index contributed by atoms with van der Waals surface area (Å²) in [7, 11) is 0. The normalized spacial score (nSPS) is 10.8. The quantitative estimate of drug-likeness (QED) is 0.353. The second-order valence-corrected chi connectivity index (χ2v) is 5.68.